The van der Waals surface area contributed by atoms with Crippen LogP contribution >= 0.6 is 38.5 Å². The van der Waals surface area contributed by atoms with Crippen LogP contribution in [0.5, 0.6) is 11.5 Å². The van der Waals surface area contributed by atoms with E-state index >= 15 is 0 Å². The summed E-state index contributed by atoms with van der Waals surface area (Å²) < 4.78 is 13.3. The van der Waals surface area contributed by atoms with Crippen molar-refractivity contribution in [2.75, 3.05) is 7.11 Å². The van der Waals surface area contributed by atoms with E-state index < -0.39 is 6.03 Å². The van der Waals surface area contributed by atoms with Gasteiger partial charge in [-0.1, -0.05) is 35.0 Å². The number of rotatable bonds is 7. The van der Waals surface area contributed by atoms with Crippen LogP contribution in [0.2, 0.25) is 0 Å². The van der Waals surface area contributed by atoms with Gasteiger partial charge in [0.1, 0.15) is 5.70 Å². The minimum atomic E-state index is -0.437. The van der Waals surface area contributed by atoms with Crippen LogP contribution in [0.25, 0.3) is 6.08 Å². The molecule has 1 heterocycles. The van der Waals surface area contributed by atoms with Crippen molar-refractivity contribution in [3.63, 3.8) is 0 Å². The second-order valence-electron chi connectivity index (χ2n) is 6.88. The SMILES string of the molecule is CCC(C)Oc1c(I)cc(/C=C2/NC(=O)N(Cc3ccc(Br)cc3)C2=O)cc1OC. The van der Waals surface area contributed by atoms with Gasteiger partial charge in [-0.2, -0.15) is 0 Å². The van der Waals surface area contributed by atoms with Crippen molar-refractivity contribution in [3.8, 4) is 11.5 Å². The lowest BCUT2D eigenvalue weighted by Gasteiger charge is -2.17. The summed E-state index contributed by atoms with van der Waals surface area (Å²) in [7, 11) is 1.58. The van der Waals surface area contributed by atoms with Crippen LogP contribution in [0.15, 0.2) is 46.6 Å². The van der Waals surface area contributed by atoms with E-state index in [9.17, 15) is 9.59 Å². The van der Waals surface area contributed by atoms with Crippen LogP contribution in [0.4, 0.5) is 4.79 Å². The molecule has 1 saturated heterocycles. The van der Waals surface area contributed by atoms with Gasteiger partial charge in [-0.15, -0.1) is 0 Å². The Balaban J connectivity index is 1.84. The second kappa shape index (κ2) is 9.82. The molecule has 2 aromatic carbocycles. The topological polar surface area (TPSA) is 67.9 Å². The van der Waals surface area contributed by atoms with Crippen molar-refractivity contribution in [2.24, 2.45) is 0 Å². The lowest BCUT2D eigenvalue weighted by atomic mass is 10.1. The van der Waals surface area contributed by atoms with E-state index in [1.165, 1.54) is 4.90 Å². The van der Waals surface area contributed by atoms with Crippen LogP contribution in [0.3, 0.4) is 0 Å². The van der Waals surface area contributed by atoms with Crippen molar-refractivity contribution in [1.82, 2.24) is 10.2 Å². The number of hydrogen-bond donors (Lipinski definition) is 1. The summed E-state index contributed by atoms with van der Waals surface area (Å²) in [6.07, 6.45) is 2.58. The monoisotopic (exact) mass is 584 g/mol. The Bertz CT molecular complexity index is 991. The molecule has 1 atom stereocenters. The third-order valence-corrected chi connectivity index (χ3v) is 6.00. The molecule has 0 aromatic heterocycles. The summed E-state index contributed by atoms with van der Waals surface area (Å²) >= 11 is 5.56. The van der Waals surface area contributed by atoms with Gasteiger partial charge < -0.3 is 14.8 Å². The predicted molar refractivity (Wildman–Crippen MR) is 127 cm³/mol. The first kappa shape index (κ1) is 22.6. The highest BCUT2D eigenvalue weighted by atomic mass is 127. The third-order valence-electron chi connectivity index (χ3n) is 4.67. The van der Waals surface area contributed by atoms with E-state index in [1.807, 2.05) is 37.3 Å². The first-order valence-corrected chi connectivity index (χ1v) is 11.3. The van der Waals surface area contributed by atoms with Gasteiger partial charge in [-0.25, -0.2) is 4.79 Å². The first-order valence-electron chi connectivity index (χ1n) is 9.45. The van der Waals surface area contributed by atoms with Gasteiger partial charge in [0.15, 0.2) is 11.5 Å². The number of carbonyl (C=O) groups excluding carboxylic acids is 2. The zero-order valence-corrected chi connectivity index (χ0v) is 20.6. The fourth-order valence-electron chi connectivity index (χ4n) is 2.88. The van der Waals surface area contributed by atoms with Gasteiger partial charge in [0.05, 0.1) is 23.3 Å². The lowest BCUT2D eigenvalue weighted by molar-refractivity contribution is -0.123. The average molecular weight is 585 g/mol. The number of carbonyl (C=O) groups is 2. The number of halogens is 2. The van der Waals surface area contributed by atoms with Crippen LogP contribution in [-0.4, -0.2) is 30.1 Å². The van der Waals surface area contributed by atoms with Gasteiger partial charge in [0, 0.05) is 4.47 Å². The molecule has 0 bridgehead atoms. The summed E-state index contributed by atoms with van der Waals surface area (Å²) in [5.41, 5.74) is 1.83. The Morgan fingerprint density at radius 1 is 1.23 bits per heavy atom. The van der Waals surface area contributed by atoms with Gasteiger partial charge in [-0.05, 0) is 77.4 Å². The maximum absolute atomic E-state index is 12.8. The Hall–Kier alpha value is -2.07. The highest BCUT2D eigenvalue weighted by molar-refractivity contribution is 14.1. The molecule has 1 aliphatic rings. The third kappa shape index (κ3) is 5.15. The summed E-state index contributed by atoms with van der Waals surface area (Å²) in [5.74, 6) is 0.891. The van der Waals surface area contributed by atoms with Gasteiger partial charge in [0.2, 0.25) is 0 Å². The number of nitrogens with one attached hydrogen (secondary N) is 1. The molecular weight excluding hydrogens is 563 g/mol. The van der Waals surface area contributed by atoms with E-state index in [0.29, 0.717) is 11.5 Å². The Morgan fingerprint density at radius 3 is 2.57 bits per heavy atom. The molecule has 0 radical (unpaired) electrons. The molecular formula is C22H22BrIN2O4. The van der Waals surface area contributed by atoms with Crippen LogP contribution in [-0.2, 0) is 11.3 Å². The van der Waals surface area contributed by atoms with E-state index in [0.717, 1.165) is 25.6 Å². The normalized spacial score (nSPS) is 16.0. The number of ether oxygens (including phenoxy) is 2. The standard InChI is InChI=1S/C22H22BrIN2O4/c1-4-13(2)30-20-17(24)9-15(11-19(20)29-3)10-18-21(27)26(22(28)25-18)12-14-5-7-16(23)8-6-14/h5-11,13H,4,12H2,1-3H3,(H,25,28)/b18-10+. The molecule has 0 spiro atoms. The van der Waals surface area contributed by atoms with Crippen LogP contribution in [0, 0.1) is 3.57 Å². The maximum Gasteiger partial charge on any atom is 0.329 e. The molecule has 8 heteroatoms. The number of urea groups is 1. The molecule has 158 valence electrons. The highest BCUT2D eigenvalue weighted by Gasteiger charge is 2.33. The molecule has 30 heavy (non-hydrogen) atoms. The molecule has 3 rings (SSSR count). The second-order valence-corrected chi connectivity index (χ2v) is 8.95. The van der Waals surface area contributed by atoms with Gasteiger partial charge in [0.25, 0.3) is 5.91 Å². The highest BCUT2D eigenvalue weighted by Crippen LogP contribution is 2.35. The molecule has 3 amide bonds. The summed E-state index contributed by atoms with van der Waals surface area (Å²) in [5, 5.41) is 2.66. The predicted octanol–water partition coefficient (Wildman–Crippen LogP) is 5.33. The minimum absolute atomic E-state index is 0.0551. The summed E-state index contributed by atoms with van der Waals surface area (Å²) in [6, 6.07) is 10.7. The smallest absolute Gasteiger partial charge is 0.329 e. The van der Waals surface area contributed by atoms with Crippen molar-refractivity contribution in [2.45, 2.75) is 32.9 Å². The number of benzene rings is 2. The number of methoxy groups -OCH3 is 1. The van der Waals surface area contributed by atoms with E-state index in [1.54, 1.807) is 19.3 Å². The fourth-order valence-corrected chi connectivity index (χ4v) is 3.89. The Kier molecular flexibility index (Phi) is 7.41. The molecule has 6 nitrogen and oxygen atoms in total. The zero-order chi connectivity index (χ0) is 21.8. The summed E-state index contributed by atoms with van der Waals surface area (Å²) in [6.45, 7) is 4.26. The molecule has 1 fully saturated rings. The largest absolute Gasteiger partial charge is 0.493 e. The number of imide groups is 1. The van der Waals surface area contributed by atoms with E-state index in [-0.39, 0.29) is 24.3 Å². The fraction of sp³-hybridized carbons (Fsp3) is 0.273. The number of hydrogen-bond acceptors (Lipinski definition) is 4. The molecule has 1 unspecified atom stereocenters. The maximum atomic E-state index is 12.8. The molecule has 0 saturated carbocycles. The average Bonchev–Trinajstić information content (AvgIpc) is 2.98. The minimum Gasteiger partial charge on any atom is -0.493 e. The molecule has 1 N–H and O–H groups in total. The van der Waals surface area contributed by atoms with Crippen LogP contribution in [0.1, 0.15) is 31.4 Å². The Morgan fingerprint density at radius 2 is 1.93 bits per heavy atom. The van der Waals surface area contributed by atoms with Gasteiger partial charge in [-0.3, -0.25) is 9.69 Å². The van der Waals surface area contributed by atoms with Gasteiger partial charge >= 0.3 is 6.03 Å². The molecule has 1 aliphatic heterocycles. The van der Waals surface area contributed by atoms with Crippen molar-refractivity contribution >= 4 is 56.5 Å². The number of amides is 3. The first-order chi connectivity index (χ1) is 14.3. The molecule has 0 aliphatic carbocycles. The number of nitrogens with zero attached hydrogens (tertiary/aromatic N) is 1. The summed E-state index contributed by atoms with van der Waals surface area (Å²) in [4.78, 5) is 26.3. The molecule has 2 aromatic rings. The van der Waals surface area contributed by atoms with Crippen LogP contribution < -0.4 is 14.8 Å². The Labute approximate surface area is 197 Å². The van der Waals surface area contributed by atoms with E-state index in [4.69, 9.17) is 9.47 Å². The van der Waals surface area contributed by atoms with E-state index in [2.05, 4.69) is 50.8 Å². The van der Waals surface area contributed by atoms with Crippen molar-refractivity contribution in [1.29, 1.82) is 0 Å². The quantitative estimate of drug-likeness (QED) is 0.271. The van der Waals surface area contributed by atoms with Crippen molar-refractivity contribution in [3.05, 3.63) is 61.3 Å². The lowest BCUT2D eigenvalue weighted by Crippen LogP contribution is -2.30. The van der Waals surface area contributed by atoms with Crippen molar-refractivity contribution < 1.29 is 19.1 Å². The zero-order valence-electron chi connectivity index (χ0n) is 16.9.